The van der Waals surface area contributed by atoms with Gasteiger partial charge in [-0.05, 0) is 18.4 Å². The largest absolute Gasteiger partial charge is 0.466 e. The Morgan fingerprint density at radius 1 is 1.38 bits per heavy atom. The second kappa shape index (κ2) is 6.05. The van der Waals surface area contributed by atoms with Gasteiger partial charge in [0, 0.05) is 5.56 Å². The molecule has 0 spiro atoms. The highest BCUT2D eigenvalue weighted by molar-refractivity contribution is 5.75. The van der Waals surface area contributed by atoms with Crippen LogP contribution in [0.4, 0.5) is 0 Å². The Bertz CT molecular complexity index is 354. The molecular formula is C13H16O3. The van der Waals surface area contributed by atoms with Gasteiger partial charge >= 0.3 is 5.97 Å². The summed E-state index contributed by atoms with van der Waals surface area (Å²) in [6.07, 6.45) is 1.17. The van der Waals surface area contributed by atoms with Gasteiger partial charge in [-0.15, -0.1) is 0 Å². The molecule has 3 nitrogen and oxygen atoms in total. The van der Waals surface area contributed by atoms with E-state index in [1.54, 1.807) is 19.1 Å². The Morgan fingerprint density at radius 2 is 2.00 bits per heavy atom. The number of aldehydes is 1. The summed E-state index contributed by atoms with van der Waals surface area (Å²) >= 11 is 0. The number of carbonyl (C=O) groups is 2. The first-order valence-corrected chi connectivity index (χ1v) is 5.38. The number of hydrogen-bond donors (Lipinski definition) is 0. The van der Waals surface area contributed by atoms with Gasteiger partial charge in [0.25, 0.3) is 0 Å². The molecule has 0 aromatic heterocycles. The van der Waals surface area contributed by atoms with E-state index < -0.39 is 0 Å². The summed E-state index contributed by atoms with van der Waals surface area (Å²) in [6.45, 7) is 4.17. The summed E-state index contributed by atoms with van der Waals surface area (Å²) in [4.78, 5) is 21.7. The lowest BCUT2D eigenvalue weighted by atomic mass is 9.97. The van der Waals surface area contributed by atoms with Crippen molar-refractivity contribution in [3.8, 4) is 0 Å². The zero-order valence-electron chi connectivity index (χ0n) is 9.60. The smallest absolute Gasteiger partial charge is 0.306 e. The van der Waals surface area contributed by atoms with Crippen LogP contribution in [-0.2, 0) is 9.53 Å². The first-order chi connectivity index (χ1) is 7.67. The molecule has 0 bridgehead atoms. The highest BCUT2D eigenvalue weighted by Gasteiger charge is 2.11. The molecule has 0 aliphatic rings. The molecule has 1 aromatic carbocycles. The average molecular weight is 220 g/mol. The molecule has 3 heteroatoms. The van der Waals surface area contributed by atoms with Crippen molar-refractivity contribution >= 4 is 12.3 Å². The molecule has 0 unspecified atom stereocenters. The minimum atomic E-state index is -0.186. The highest BCUT2D eigenvalue weighted by atomic mass is 16.5. The molecule has 0 N–H and O–H groups in total. The summed E-state index contributed by atoms with van der Waals surface area (Å²) in [5.74, 6) is -0.0748. The Labute approximate surface area is 95.4 Å². The van der Waals surface area contributed by atoms with Crippen molar-refractivity contribution in [2.75, 3.05) is 6.61 Å². The van der Waals surface area contributed by atoms with Crippen LogP contribution < -0.4 is 0 Å². The fraction of sp³-hybridized carbons (Fsp3) is 0.385. The van der Waals surface area contributed by atoms with Crippen molar-refractivity contribution in [2.45, 2.75) is 26.2 Å². The fourth-order valence-electron chi connectivity index (χ4n) is 1.49. The van der Waals surface area contributed by atoms with Crippen LogP contribution in [0.25, 0.3) is 0 Å². The lowest BCUT2D eigenvalue weighted by Gasteiger charge is -2.10. The van der Waals surface area contributed by atoms with Crippen LogP contribution in [0.5, 0.6) is 0 Å². The van der Waals surface area contributed by atoms with Crippen LogP contribution in [0.3, 0.4) is 0 Å². The molecular weight excluding hydrogens is 204 g/mol. The summed E-state index contributed by atoms with van der Waals surface area (Å²) < 4.78 is 4.88. The van der Waals surface area contributed by atoms with Crippen LogP contribution >= 0.6 is 0 Å². The van der Waals surface area contributed by atoms with Crippen molar-refractivity contribution in [1.82, 2.24) is 0 Å². The van der Waals surface area contributed by atoms with E-state index in [1.807, 2.05) is 19.1 Å². The molecule has 0 saturated carbocycles. The van der Waals surface area contributed by atoms with Crippen LogP contribution in [-0.4, -0.2) is 18.9 Å². The first-order valence-electron chi connectivity index (χ1n) is 5.38. The Hall–Kier alpha value is -1.64. The normalized spacial score (nSPS) is 11.9. The zero-order valence-corrected chi connectivity index (χ0v) is 9.60. The van der Waals surface area contributed by atoms with Gasteiger partial charge in [0.05, 0.1) is 13.0 Å². The lowest BCUT2D eigenvalue weighted by Crippen LogP contribution is -2.08. The summed E-state index contributed by atoms with van der Waals surface area (Å²) in [5, 5.41) is 0. The molecule has 1 rings (SSSR count). The molecule has 0 heterocycles. The van der Waals surface area contributed by atoms with Gasteiger partial charge in [0.1, 0.15) is 6.29 Å². The maximum atomic E-state index is 11.3. The van der Waals surface area contributed by atoms with Gasteiger partial charge in [-0.25, -0.2) is 0 Å². The van der Waals surface area contributed by atoms with E-state index in [0.717, 1.165) is 11.8 Å². The predicted molar refractivity (Wildman–Crippen MR) is 61.5 cm³/mol. The van der Waals surface area contributed by atoms with E-state index in [-0.39, 0.29) is 11.9 Å². The molecule has 86 valence electrons. The summed E-state index contributed by atoms with van der Waals surface area (Å²) in [6, 6.07) is 7.25. The van der Waals surface area contributed by atoms with Gasteiger partial charge in [0.15, 0.2) is 0 Å². The standard InChI is InChI=1S/C13H16O3/c1-3-16-13(15)8-10(2)12-6-4-11(9-14)5-7-12/h4-7,9-10H,3,8H2,1-2H3/t10-/m0/s1. The molecule has 0 saturated heterocycles. The van der Waals surface area contributed by atoms with Crippen molar-refractivity contribution in [2.24, 2.45) is 0 Å². The molecule has 0 amide bonds. The molecule has 1 atom stereocenters. The van der Waals surface area contributed by atoms with Crippen LogP contribution in [0.15, 0.2) is 24.3 Å². The Kier molecular flexibility index (Phi) is 4.70. The lowest BCUT2D eigenvalue weighted by molar-refractivity contribution is -0.143. The zero-order chi connectivity index (χ0) is 12.0. The molecule has 0 fully saturated rings. The van der Waals surface area contributed by atoms with Crippen LogP contribution in [0, 0.1) is 0 Å². The summed E-state index contributed by atoms with van der Waals surface area (Å²) in [5.41, 5.74) is 1.69. The van der Waals surface area contributed by atoms with E-state index in [2.05, 4.69) is 0 Å². The minimum Gasteiger partial charge on any atom is -0.466 e. The third kappa shape index (κ3) is 3.50. The van der Waals surface area contributed by atoms with E-state index in [0.29, 0.717) is 18.6 Å². The molecule has 16 heavy (non-hydrogen) atoms. The van der Waals surface area contributed by atoms with E-state index >= 15 is 0 Å². The predicted octanol–water partition coefficient (Wildman–Crippen LogP) is 2.56. The van der Waals surface area contributed by atoms with Crippen molar-refractivity contribution in [3.05, 3.63) is 35.4 Å². The van der Waals surface area contributed by atoms with E-state index in [1.165, 1.54) is 0 Å². The van der Waals surface area contributed by atoms with Gasteiger partial charge in [0.2, 0.25) is 0 Å². The van der Waals surface area contributed by atoms with E-state index in [4.69, 9.17) is 4.74 Å². The molecule has 1 aromatic rings. The Balaban J connectivity index is 2.61. The first kappa shape index (κ1) is 12.4. The molecule has 0 radical (unpaired) electrons. The van der Waals surface area contributed by atoms with Gasteiger partial charge in [-0.3, -0.25) is 9.59 Å². The quantitative estimate of drug-likeness (QED) is 0.565. The average Bonchev–Trinajstić information content (AvgIpc) is 2.29. The van der Waals surface area contributed by atoms with Gasteiger partial charge < -0.3 is 4.74 Å². The third-order valence-corrected chi connectivity index (χ3v) is 2.42. The van der Waals surface area contributed by atoms with Crippen LogP contribution in [0.2, 0.25) is 0 Å². The summed E-state index contributed by atoms with van der Waals surface area (Å²) in [7, 11) is 0. The number of esters is 1. The molecule has 0 aliphatic carbocycles. The number of ether oxygens (including phenoxy) is 1. The van der Waals surface area contributed by atoms with Crippen molar-refractivity contribution in [3.63, 3.8) is 0 Å². The number of hydrogen-bond acceptors (Lipinski definition) is 3. The monoisotopic (exact) mass is 220 g/mol. The van der Waals surface area contributed by atoms with Crippen LogP contribution in [0.1, 0.15) is 42.1 Å². The number of rotatable bonds is 5. The highest BCUT2D eigenvalue weighted by Crippen LogP contribution is 2.19. The van der Waals surface area contributed by atoms with Gasteiger partial charge in [-0.1, -0.05) is 31.2 Å². The maximum Gasteiger partial charge on any atom is 0.306 e. The van der Waals surface area contributed by atoms with Crippen molar-refractivity contribution in [1.29, 1.82) is 0 Å². The second-order valence-electron chi connectivity index (χ2n) is 3.69. The van der Waals surface area contributed by atoms with Gasteiger partial charge in [-0.2, -0.15) is 0 Å². The number of carbonyl (C=O) groups excluding carboxylic acids is 2. The second-order valence-corrected chi connectivity index (χ2v) is 3.69. The fourth-order valence-corrected chi connectivity index (χ4v) is 1.49. The van der Waals surface area contributed by atoms with E-state index in [9.17, 15) is 9.59 Å². The third-order valence-electron chi connectivity index (χ3n) is 2.42. The minimum absolute atomic E-state index is 0.111. The van der Waals surface area contributed by atoms with Crippen molar-refractivity contribution < 1.29 is 14.3 Å². The maximum absolute atomic E-state index is 11.3. The number of benzene rings is 1. The Morgan fingerprint density at radius 3 is 2.50 bits per heavy atom. The molecule has 0 aliphatic heterocycles. The SMILES string of the molecule is CCOC(=O)C[C@H](C)c1ccc(C=O)cc1. The topological polar surface area (TPSA) is 43.4 Å².